The number of halogens is 2. The summed E-state index contributed by atoms with van der Waals surface area (Å²) in [5.74, 6) is 0. The highest BCUT2D eigenvalue weighted by Crippen LogP contribution is 2.02. The van der Waals surface area contributed by atoms with Gasteiger partial charge in [-0.3, -0.25) is 14.6 Å². The van der Waals surface area contributed by atoms with Crippen molar-refractivity contribution in [3.05, 3.63) is 0 Å². The summed E-state index contributed by atoms with van der Waals surface area (Å²) in [6.07, 6.45) is 0. The Morgan fingerprint density at radius 1 is 0.829 bits per heavy atom. The van der Waals surface area contributed by atoms with Crippen molar-refractivity contribution >= 4 is 23.6 Å². The summed E-state index contributed by atoms with van der Waals surface area (Å²) in [4.78, 5) is 14.1. The van der Waals surface area contributed by atoms with Crippen LogP contribution < -0.4 is 17.7 Å². The van der Waals surface area contributed by atoms with Crippen molar-refractivity contribution in [1.29, 1.82) is 0 Å². The number of aliphatic hydroxyl groups excluding tert-OH is 1. The molecule has 35 heavy (non-hydrogen) atoms. The van der Waals surface area contributed by atoms with Crippen LogP contribution in [0.5, 0.6) is 0 Å². The van der Waals surface area contributed by atoms with Crippen molar-refractivity contribution < 1.29 is 45.8 Å². The van der Waals surface area contributed by atoms with E-state index in [0.29, 0.717) is 0 Å². The molecule has 2 N–H and O–H groups in total. The van der Waals surface area contributed by atoms with E-state index in [2.05, 4.69) is 33.4 Å². The average molecular weight is 552 g/mol. The van der Waals surface area contributed by atoms with Crippen LogP contribution in [0.2, 0.25) is 0 Å². The molecule has 0 bridgehead atoms. The Hall–Kier alpha value is -0.400. The summed E-state index contributed by atoms with van der Waals surface area (Å²) in [5.41, 5.74) is 0. The Kier molecular flexibility index (Phi) is 37.7. The molecule has 4 saturated heterocycles. The van der Waals surface area contributed by atoms with Gasteiger partial charge in [0.05, 0.1) is 46.3 Å². The van der Waals surface area contributed by atoms with Gasteiger partial charge in [-0.25, -0.2) is 4.58 Å². The van der Waals surface area contributed by atoms with Crippen molar-refractivity contribution in [3.8, 4) is 0 Å². The number of hydrogen-bond donors (Lipinski definition) is 2. The Bertz CT molecular complexity index is 412. The van der Waals surface area contributed by atoms with E-state index in [1.165, 1.54) is 6.92 Å². The third kappa shape index (κ3) is 29.7. The Balaban J connectivity index is -0.000000189. The van der Waals surface area contributed by atoms with Crippen molar-refractivity contribution in [1.82, 2.24) is 15.1 Å². The summed E-state index contributed by atoms with van der Waals surface area (Å²) in [7, 11) is 1.00. The van der Waals surface area contributed by atoms with Crippen LogP contribution in [0, 0.1) is 0 Å². The minimum absolute atomic E-state index is 0. The Labute approximate surface area is 225 Å². The van der Waals surface area contributed by atoms with Gasteiger partial charge in [0.25, 0.3) is 0 Å². The number of morpholine rings is 4. The number of ether oxygens (including phenoxy) is 4. The molecule has 0 aliphatic carbocycles. The van der Waals surface area contributed by atoms with Crippen molar-refractivity contribution in [2.24, 2.45) is 0 Å². The smallest absolute Gasteiger partial charge is 0.218 e. The van der Waals surface area contributed by atoms with E-state index in [1.807, 2.05) is 4.58 Å². The van der Waals surface area contributed by atoms with Gasteiger partial charge in [-0.15, -0.1) is 0 Å². The van der Waals surface area contributed by atoms with Gasteiger partial charge >= 0.3 is 0 Å². The number of aliphatic hydroxyl groups is 1. The first kappa shape index (κ1) is 41.7. The lowest BCUT2D eigenvalue weighted by Crippen LogP contribution is -3.00. The molecular weight excluding hydrogens is 499 g/mol. The zero-order chi connectivity index (χ0) is 23.9. The normalized spacial score (nSPS) is 19.8. The molecule has 10 nitrogen and oxygen atoms in total. The zero-order valence-electron chi connectivity index (χ0n) is 20.3. The molecule has 214 valence electrons. The second-order valence-corrected chi connectivity index (χ2v) is 7.70. The molecule has 0 aromatic heterocycles. The molecule has 4 aliphatic rings. The summed E-state index contributed by atoms with van der Waals surface area (Å²) in [6, 6.07) is 0. The fourth-order valence-electron chi connectivity index (χ4n) is 2.88. The standard InChI is InChI=1S/C9H18N2O2.C5H10NO.C4H9NO.C2H3ClO.CH4O.2CH4.ClH/c1-5-12-6-2-10(1)9-11-3-7-13-8-4-11;1-6-2-4-7-5-3-6;1-3-6-4-2-5-1;1-2(3)4;1-2;;;/h1-9H2;1-5H2;5H,1-4H2;1H3;2H,1H3;2*1H4;1H/q;+1;;;;;;/p-1. The molecule has 4 heterocycles. The van der Waals surface area contributed by atoms with Crippen molar-refractivity contribution in [2.45, 2.75) is 21.8 Å². The van der Waals surface area contributed by atoms with E-state index in [1.54, 1.807) is 0 Å². The molecule has 4 fully saturated rings. The van der Waals surface area contributed by atoms with E-state index in [4.69, 9.17) is 24.1 Å². The van der Waals surface area contributed by atoms with E-state index >= 15 is 0 Å². The van der Waals surface area contributed by atoms with E-state index < -0.39 is 0 Å². The number of carbonyl (C=O) groups is 1. The molecule has 0 saturated carbocycles. The summed E-state index contributed by atoms with van der Waals surface area (Å²) in [6.45, 7) is 21.5. The molecule has 0 atom stereocenters. The van der Waals surface area contributed by atoms with Crippen LogP contribution in [-0.2, 0) is 23.7 Å². The largest absolute Gasteiger partial charge is 1.00 e. The SMILES string of the molecule is C.C.C1CN(CN2CCOCC2)CCO1.C1COCCN1.C=[N+]1CCOCC1.CC(=O)Cl.CO.[Cl-]. The van der Waals surface area contributed by atoms with Crippen molar-refractivity contribution in [2.75, 3.05) is 119 Å². The van der Waals surface area contributed by atoms with Gasteiger partial charge in [-0.2, -0.15) is 0 Å². The Morgan fingerprint density at radius 3 is 1.37 bits per heavy atom. The highest BCUT2D eigenvalue weighted by molar-refractivity contribution is 6.62. The maximum absolute atomic E-state index is 9.21. The third-order valence-corrected chi connectivity index (χ3v) is 4.56. The minimum Gasteiger partial charge on any atom is -1.00 e. The van der Waals surface area contributed by atoms with Gasteiger partial charge in [-0.05, 0) is 11.6 Å². The van der Waals surface area contributed by atoms with E-state index in [-0.39, 0.29) is 32.5 Å². The second-order valence-electron chi connectivity index (χ2n) is 7.17. The predicted octanol–water partition coefficient (Wildman–Crippen LogP) is -2.40. The van der Waals surface area contributed by atoms with Crippen molar-refractivity contribution in [3.63, 3.8) is 0 Å². The molecule has 12 heteroatoms. The highest BCUT2D eigenvalue weighted by atomic mass is 35.5. The van der Waals surface area contributed by atoms with Gasteiger partial charge in [0, 0.05) is 53.3 Å². The molecule has 4 rings (SSSR count). The summed E-state index contributed by atoms with van der Waals surface area (Å²) < 4.78 is 22.7. The topological polar surface area (TPSA) is 95.7 Å². The van der Waals surface area contributed by atoms with Crippen LogP contribution in [0.3, 0.4) is 0 Å². The van der Waals surface area contributed by atoms with Crippen LogP contribution in [0.4, 0.5) is 0 Å². The minimum atomic E-state index is -0.361. The average Bonchev–Trinajstić information content (AvgIpc) is 2.84. The maximum atomic E-state index is 9.21. The van der Waals surface area contributed by atoms with Gasteiger partial charge in [-0.1, -0.05) is 14.9 Å². The fraction of sp³-hybridized carbons (Fsp3) is 0.913. The molecule has 0 aromatic carbocycles. The summed E-state index contributed by atoms with van der Waals surface area (Å²) in [5, 5.41) is 9.80. The molecule has 4 aliphatic heterocycles. The van der Waals surface area contributed by atoms with Gasteiger partial charge < -0.3 is 41.8 Å². The first-order valence-corrected chi connectivity index (χ1v) is 11.6. The van der Waals surface area contributed by atoms with E-state index in [0.717, 1.165) is 119 Å². The van der Waals surface area contributed by atoms with Crippen LogP contribution in [-0.4, -0.2) is 150 Å². The van der Waals surface area contributed by atoms with E-state index in [9.17, 15) is 4.79 Å². The first-order valence-electron chi connectivity index (χ1n) is 11.2. The van der Waals surface area contributed by atoms with Crippen LogP contribution in [0.1, 0.15) is 21.8 Å². The van der Waals surface area contributed by atoms with Gasteiger partial charge in [0.15, 0.2) is 13.1 Å². The zero-order valence-corrected chi connectivity index (χ0v) is 21.8. The lowest BCUT2D eigenvalue weighted by molar-refractivity contribution is -0.541. The maximum Gasteiger partial charge on any atom is 0.218 e. The molecule has 0 unspecified atom stereocenters. The first-order chi connectivity index (χ1) is 15.6. The van der Waals surface area contributed by atoms with Gasteiger partial charge in [0.2, 0.25) is 5.24 Å². The highest BCUT2D eigenvalue weighted by Gasteiger charge is 2.16. The second kappa shape index (κ2) is 31.6. The lowest BCUT2D eigenvalue weighted by Gasteiger charge is -2.34. The number of nitrogens with one attached hydrogen (secondary N) is 1. The fourth-order valence-corrected chi connectivity index (χ4v) is 2.88. The lowest BCUT2D eigenvalue weighted by atomic mass is 10.4. The number of carbonyl (C=O) groups excluding carboxylic acids is 1. The van der Waals surface area contributed by atoms with Crippen LogP contribution >= 0.6 is 11.6 Å². The third-order valence-electron chi connectivity index (χ3n) is 4.56. The number of rotatable bonds is 2. The Morgan fingerprint density at radius 2 is 1.14 bits per heavy atom. The van der Waals surface area contributed by atoms with Gasteiger partial charge in [0.1, 0.15) is 19.9 Å². The van der Waals surface area contributed by atoms with Crippen LogP contribution in [0.15, 0.2) is 0 Å². The number of nitrogens with zero attached hydrogens (tertiary/aromatic N) is 3. The molecule has 0 radical (unpaired) electrons. The quantitative estimate of drug-likeness (QED) is 0.288. The molecule has 0 aromatic rings. The monoisotopic (exact) mass is 550 g/mol. The molecular formula is C23H52Cl2N4O6. The number of hydrogen-bond acceptors (Lipinski definition) is 9. The van der Waals surface area contributed by atoms with Crippen LogP contribution in [0.25, 0.3) is 0 Å². The molecule has 0 spiro atoms. The molecule has 0 amide bonds. The predicted molar refractivity (Wildman–Crippen MR) is 139 cm³/mol. The summed E-state index contributed by atoms with van der Waals surface area (Å²) >= 11 is 4.64.